The molecule has 1 unspecified atom stereocenters. The van der Waals surface area contributed by atoms with Gasteiger partial charge in [-0.1, -0.05) is 11.6 Å². The summed E-state index contributed by atoms with van der Waals surface area (Å²) in [4.78, 5) is 13.2. The Kier molecular flexibility index (Phi) is 3.39. The van der Waals surface area contributed by atoms with Gasteiger partial charge >= 0.3 is 5.97 Å². The van der Waals surface area contributed by atoms with Gasteiger partial charge in [0, 0.05) is 18.8 Å². The molecule has 1 fully saturated rings. The standard InChI is InChI=1S/C13H17ClN2O2/c1-7(8-3-4-8)16(2)12-10(13(17)18)5-9(15)6-11(12)14/h5-8H,3-4,15H2,1-2H3,(H,17,18). The third kappa shape index (κ3) is 2.38. The quantitative estimate of drug-likeness (QED) is 0.824. The van der Waals surface area contributed by atoms with Crippen LogP contribution in [-0.2, 0) is 0 Å². The number of carboxylic acid groups (broad SMARTS) is 1. The zero-order valence-electron chi connectivity index (χ0n) is 10.5. The van der Waals surface area contributed by atoms with Gasteiger partial charge in [-0.25, -0.2) is 4.79 Å². The van der Waals surface area contributed by atoms with Gasteiger partial charge < -0.3 is 15.7 Å². The molecule has 4 nitrogen and oxygen atoms in total. The van der Waals surface area contributed by atoms with Crippen LogP contribution in [0.4, 0.5) is 11.4 Å². The number of carboxylic acids is 1. The number of anilines is 2. The van der Waals surface area contributed by atoms with E-state index in [-0.39, 0.29) is 11.6 Å². The van der Waals surface area contributed by atoms with Crippen LogP contribution in [0.25, 0.3) is 0 Å². The van der Waals surface area contributed by atoms with E-state index in [9.17, 15) is 9.90 Å². The Morgan fingerprint density at radius 3 is 2.67 bits per heavy atom. The van der Waals surface area contributed by atoms with Crippen molar-refractivity contribution in [2.24, 2.45) is 5.92 Å². The third-order valence-electron chi connectivity index (χ3n) is 3.58. The van der Waals surface area contributed by atoms with Crippen molar-refractivity contribution in [2.45, 2.75) is 25.8 Å². The number of nitrogens with two attached hydrogens (primary N) is 1. The molecule has 1 aromatic rings. The summed E-state index contributed by atoms with van der Waals surface area (Å²) in [6.07, 6.45) is 2.39. The SMILES string of the molecule is CC(C1CC1)N(C)c1c(Cl)cc(N)cc1C(=O)O. The largest absolute Gasteiger partial charge is 0.478 e. The number of nitrogen functional groups attached to an aromatic ring is 1. The minimum atomic E-state index is -1.01. The molecule has 0 aromatic heterocycles. The van der Waals surface area contributed by atoms with Gasteiger partial charge in [0.2, 0.25) is 0 Å². The van der Waals surface area contributed by atoms with Gasteiger partial charge in [-0.05, 0) is 37.8 Å². The van der Waals surface area contributed by atoms with Crippen molar-refractivity contribution < 1.29 is 9.90 Å². The van der Waals surface area contributed by atoms with Crippen molar-refractivity contribution in [3.8, 4) is 0 Å². The maximum Gasteiger partial charge on any atom is 0.337 e. The number of benzene rings is 1. The second-order valence-electron chi connectivity index (χ2n) is 4.89. The smallest absolute Gasteiger partial charge is 0.337 e. The lowest BCUT2D eigenvalue weighted by Crippen LogP contribution is -2.32. The Bertz CT molecular complexity index is 486. The van der Waals surface area contributed by atoms with Crippen molar-refractivity contribution in [1.29, 1.82) is 0 Å². The molecular formula is C13H17ClN2O2. The molecule has 1 aromatic carbocycles. The van der Waals surface area contributed by atoms with Gasteiger partial charge in [-0.3, -0.25) is 0 Å². The van der Waals surface area contributed by atoms with Crippen LogP contribution in [0, 0.1) is 5.92 Å². The molecule has 0 bridgehead atoms. The maximum atomic E-state index is 11.3. The molecule has 5 heteroatoms. The fraction of sp³-hybridized carbons (Fsp3) is 0.462. The zero-order chi connectivity index (χ0) is 13.4. The van der Waals surface area contributed by atoms with E-state index in [1.165, 1.54) is 18.9 Å². The average Bonchev–Trinajstić information content (AvgIpc) is 3.09. The molecule has 2 rings (SSSR count). The molecule has 0 aliphatic heterocycles. The van der Waals surface area contributed by atoms with Crippen LogP contribution >= 0.6 is 11.6 Å². The van der Waals surface area contributed by atoms with Crippen molar-refractivity contribution in [1.82, 2.24) is 0 Å². The molecule has 0 radical (unpaired) electrons. The highest BCUT2D eigenvalue weighted by atomic mass is 35.5. The van der Waals surface area contributed by atoms with Gasteiger partial charge in [0.05, 0.1) is 16.3 Å². The minimum absolute atomic E-state index is 0.162. The lowest BCUT2D eigenvalue weighted by atomic mass is 10.1. The lowest BCUT2D eigenvalue weighted by molar-refractivity contribution is 0.0697. The Labute approximate surface area is 111 Å². The average molecular weight is 269 g/mol. The number of hydrogen-bond donors (Lipinski definition) is 2. The molecule has 1 atom stereocenters. The Morgan fingerprint density at radius 2 is 2.17 bits per heavy atom. The lowest BCUT2D eigenvalue weighted by Gasteiger charge is -2.29. The summed E-state index contributed by atoms with van der Waals surface area (Å²) in [6.45, 7) is 2.09. The number of halogens is 1. The Morgan fingerprint density at radius 1 is 1.56 bits per heavy atom. The molecule has 18 heavy (non-hydrogen) atoms. The van der Waals surface area contributed by atoms with Crippen LogP contribution in [0.5, 0.6) is 0 Å². The fourth-order valence-corrected chi connectivity index (χ4v) is 2.60. The van der Waals surface area contributed by atoms with E-state index >= 15 is 0 Å². The van der Waals surface area contributed by atoms with Crippen molar-refractivity contribution >= 4 is 28.9 Å². The second kappa shape index (κ2) is 4.69. The molecule has 0 saturated heterocycles. The van der Waals surface area contributed by atoms with E-state index in [1.54, 1.807) is 6.07 Å². The van der Waals surface area contributed by atoms with Crippen molar-refractivity contribution in [2.75, 3.05) is 17.7 Å². The summed E-state index contributed by atoms with van der Waals surface area (Å²) in [6, 6.07) is 3.34. The van der Waals surface area contributed by atoms with E-state index < -0.39 is 5.97 Å². The molecule has 3 N–H and O–H groups in total. The van der Waals surface area contributed by atoms with Gasteiger partial charge in [0.25, 0.3) is 0 Å². The number of carbonyl (C=O) groups is 1. The van der Waals surface area contributed by atoms with Crippen molar-refractivity contribution in [3.05, 3.63) is 22.7 Å². The van der Waals surface area contributed by atoms with Crippen LogP contribution in [0.2, 0.25) is 5.02 Å². The summed E-state index contributed by atoms with van der Waals surface area (Å²) in [5.41, 5.74) is 6.73. The summed E-state index contributed by atoms with van der Waals surface area (Å²) in [5.74, 6) is -0.376. The fourth-order valence-electron chi connectivity index (χ4n) is 2.24. The molecule has 0 amide bonds. The summed E-state index contributed by atoms with van der Waals surface area (Å²) in [5, 5.41) is 9.65. The van der Waals surface area contributed by atoms with E-state index in [2.05, 4.69) is 6.92 Å². The predicted molar refractivity (Wildman–Crippen MR) is 73.4 cm³/mol. The number of hydrogen-bond acceptors (Lipinski definition) is 3. The monoisotopic (exact) mass is 268 g/mol. The van der Waals surface area contributed by atoms with Crippen LogP contribution in [-0.4, -0.2) is 24.2 Å². The molecule has 0 spiro atoms. The minimum Gasteiger partial charge on any atom is -0.478 e. The number of nitrogens with zero attached hydrogens (tertiary/aromatic N) is 1. The molecule has 1 aliphatic rings. The number of aromatic carboxylic acids is 1. The summed E-state index contributed by atoms with van der Waals surface area (Å²) < 4.78 is 0. The first-order chi connectivity index (χ1) is 8.41. The van der Waals surface area contributed by atoms with E-state index in [0.717, 1.165) is 0 Å². The van der Waals surface area contributed by atoms with Gasteiger partial charge in [0.15, 0.2) is 0 Å². The predicted octanol–water partition coefficient (Wildman–Crippen LogP) is 2.86. The first-order valence-corrected chi connectivity index (χ1v) is 6.34. The second-order valence-corrected chi connectivity index (χ2v) is 5.30. The van der Waals surface area contributed by atoms with Crippen LogP contribution in [0.3, 0.4) is 0 Å². The normalized spacial score (nSPS) is 16.4. The zero-order valence-corrected chi connectivity index (χ0v) is 11.2. The summed E-state index contributed by atoms with van der Waals surface area (Å²) >= 11 is 6.16. The van der Waals surface area contributed by atoms with Crippen molar-refractivity contribution in [3.63, 3.8) is 0 Å². The van der Waals surface area contributed by atoms with Gasteiger partial charge in [-0.2, -0.15) is 0 Å². The highest BCUT2D eigenvalue weighted by molar-refractivity contribution is 6.34. The maximum absolute atomic E-state index is 11.3. The van der Waals surface area contributed by atoms with Gasteiger partial charge in [0.1, 0.15) is 0 Å². The molecule has 0 heterocycles. The highest BCUT2D eigenvalue weighted by Crippen LogP contribution is 2.39. The van der Waals surface area contributed by atoms with E-state index in [1.807, 2.05) is 11.9 Å². The molecule has 98 valence electrons. The third-order valence-corrected chi connectivity index (χ3v) is 3.87. The molecule has 1 aliphatic carbocycles. The van der Waals surface area contributed by atoms with Crippen LogP contribution in [0.1, 0.15) is 30.1 Å². The first kappa shape index (κ1) is 13.0. The van der Waals surface area contributed by atoms with E-state index in [4.69, 9.17) is 17.3 Å². The first-order valence-electron chi connectivity index (χ1n) is 5.97. The van der Waals surface area contributed by atoms with Crippen LogP contribution < -0.4 is 10.6 Å². The van der Waals surface area contributed by atoms with Gasteiger partial charge in [-0.15, -0.1) is 0 Å². The molecule has 1 saturated carbocycles. The Balaban J connectivity index is 2.44. The molecular weight excluding hydrogens is 252 g/mol. The van der Waals surface area contributed by atoms with Crippen LogP contribution in [0.15, 0.2) is 12.1 Å². The summed E-state index contributed by atoms with van der Waals surface area (Å²) in [7, 11) is 1.88. The number of rotatable bonds is 4. The Hall–Kier alpha value is -1.42. The van der Waals surface area contributed by atoms with E-state index in [0.29, 0.717) is 22.3 Å². The topological polar surface area (TPSA) is 66.6 Å². The highest BCUT2D eigenvalue weighted by Gasteiger charge is 2.32.